The van der Waals surface area contributed by atoms with Gasteiger partial charge in [-0.25, -0.2) is 0 Å². The Morgan fingerprint density at radius 1 is 0.857 bits per heavy atom. The van der Waals surface area contributed by atoms with Gasteiger partial charge in [-0.1, -0.05) is 48.5 Å². The van der Waals surface area contributed by atoms with Crippen LogP contribution in [-0.4, -0.2) is 28.9 Å². The molecule has 2 aromatic carbocycles. The number of para-hydroxylation sites is 1. The van der Waals surface area contributed by atoms with Crippen LogP contribution < -0.4 is 4.90 Å². The number of carbonyl (C=O) groups excluding carboxylic acids is 1. The predicted octanol–water partition coefficient (Wildman–Crippen LogP) is 5.05. The summed E-state index contributed by atoms with van der Waals surface area (Å²) in [6.07, 6.45) is 6.90. The van der Waals surface area contributed by atoms with Crippen LogP contribution >= 0.6 is 0 Å². The summed E-state index contributed by atoms with van der Waals surface area (Å²) in [4.78, 5) is 21.5. The Hall–Kier alpha value is -3.14. The maximum Gasteiger partial charge on any atom is 0.255 e. The Morgan fingerprint density at radius 2 is 1.54 bits per heavy atom. The third-order valence-electron chi connectivity index (χ3n) is 5.18. The van der Waals surface area contributed by atoms with Crippen LogP contribution in [0, 0.1) is 0 Å². The molecule has 4 rings (SSSR count). The maximum absolute atomic E-state index is 12.9. The first-order valence-electron chi connectivity index (χ1n) is 9.92. The lowest BCUT2D eigenvalue weighted by atomic mass is 10.1. The van der Waals surface area contributed by atoms with Crippen LogP contribution in [0.3, 0.4) is 0 Å². The molecule has 1 amide bonds. The molecule has 142 valence electrons. The second kappa shape index (κ2) is 8.70. The molecule has 4 nitrogen and oxygen atoms in total. The van der Waals surface area contributed by atoms with Crippen molar-refractivity contribution < 1.29 is 4.79 Å². The zero-order valence-electron chi connectivity index (χ0n) is 16.0. The highest BCUT2D eigenvalue weighted by molar-refractivity contribution is 5.95. The molecule has 1 aliphatic heterocycles. The number of amides is 1. The highest BCUT2D eigenvalue weighted by Crippen LogP contribution is 2.28. The first kappa shape index (κ1) is 18.2. The molecule has 0 bridgehead atoms. The molecule has 1 saturated heterocycles. The molecule has 4 heteroatoms. The highest BCUT2D eigenvalue weighted by Gasteiger charge is 2.20. The van der Waals surface area contributed by atoms with Crippen LogP contribution in [0.2, 0.25) is 0 Å². The van der Waals surface area contributed by atoms with Gasteiger partial charge in [0.05, 0.1) is 17.4 Å². The second-order valence-electron chi connectivity index (χ2n) is 7.19. The SMILES string of the molecule is O=C(c1cncc(N(Cc2ccccc2)c2ccccc2)c1)N1CCCCC1. The van der Waals surface area contributed by atoms with Crippen LogP contribution in [0.25, 0.3) is 0 Å². The highest BCUT2D eigenvalue weighted by atomic mass is 16.2. The van der Waals surface area contributed by atoms with Crippen LogP contribution in [0.15, 0.2) is 79.1 Å². The zero-order chi connectivity index (χ0) is 19.2. The van der Waals surface area contributed by atoms with Gasteiger partial charge in [0.15, 0.2) is 0 Å². The quantitative estimate of drug-likeness (QED) is 0.630. The number of nitrogens with zero attached hydrogens (tertiary/aromatic N) is 3. The van der Waals surface area contributed by atoms with Crippen molar-refractivity contribution in [2.45, 2.75) is 25.8 Å². The summed E-state index contributed by atoms with van der Waals surface area (Å²) < 4.78 is 0. The molecule has 0 aliphatic carbocycles. The van der Waals surface area contributed by atoms with E-state index in [9.17, 15) is 4.79 Å². The van der Waals surface area contributed by atoms with Crippen molar-refractivity contribution in [3.8, 4) is 0 Å². The van der Waals surface area contributed by atoms with E-state index in [2.05, 4.69) is 34.1 Å². The van der Waals surface area contributed by atoms with E-state index in [1.165, 1.54) is 12.0 Å². The monoisotopic (exact) mass is 371 g/mol. The van der Waals surface area contributed by atoms with Gasteiger partial charge in [-0.05, 0) is 43.0 Å². The summed E-state index contributed by atoms with van der Waals surface area (Å²) in [7, 11) is 0. The van der Waals surface area contributed by atoms with E-state index in [1.54, 1.807) is 6.20 Å². The molecule has 0 atom stereocenters. The van der Waals surface area contributed by atoms with Crippen molar-refractivity contribution in [1.29, 1.82) is 0 Å². The number of rotatable bonds is 5. The molecule has 0 radical (unpaired) electrons. The Bertz CT molecular complexity index is 905. The lowest BCUT2D eigenvalue weighted by Gasteiger charge is -2.28. The molecule has 1 aliphatic rings. The van der Waals surface area contributed by atoms with Gasteiger partial charge in [0, 0.05) is 31.5 Å². The largest absolute Gasteiger partial charge is 0.339 e. The fraction of sp³-hybridized carbons (Fsp3) is 0.250. The van der Waals surface area contributed by atoms with Crippen LogP contribution in [-0.2, 0) is 6.54 Å². The fourth-order valence-electron chi connectivity index (χ4n) is 3.68. The summed E-state index contributed by atoms with van der Waals surface area (Å²) in [5, 5.41) is 0. The van der Waals surface area contributed by atoms with Gasteiger partial charge in [-0.2, -0.15) is 0 Å². The molecule has 0 unspecified atom stereocenters. The standard InChI is InChI=1S/C24H25N3O/c28-24(26-14-8-3-9-15-26)21-16-23(18-25-17-21)27(22-12-6-2-7-13-22)19-20-10-4-1-5-11-20/h1-2,4-7,10-13,16-18H,3,8-9,14-15,19H2. The number of hydrogen-bond acceptors (Lipinski definition) is 3. The summed E-state index contributed by atoms with van der Waals surface area (Å²) in [5.41, 5.74) is 3.88. The van der Waals surface area contributed by atoms with E-state index in [4.69, 9.17) is 0 Å². The third-order valence-corrected chi connectivity index (χ3v) is 5.18. The van der Waals surface area contributed by atoms with Gasteiger partial charge >= 0.3 is 0 Å². The number of aromatic nitrogens is 1. The number of piperidine rings is 1. The Morgan fingerprint density at radius 3 is 2.25 bits per heavy atom. The Kier molecular flexibility index (Phi) is 5.66. The molecule has 2 heterocycles. The predicted molar refractivity (Wildman–Crippen MR) is 113 cm³/mol. The summed E-state index contributed by atoms with van der Waals surface area (Å²) in [6.45, 7) is 2.40. The number of hydrogen-bond donors (Lipinski definition) is 0. The van der Waals surface area contributed by atoms with Gasteiger partial charge in [0.2, 0.25) is 0 Å². The molecular formula is C24H25N3O. The first-order chi connectivity index (χ1) is 13.8. The van der Waals surface area contributed by atoms with Gasteiger partial charge in [0.25, 0.3) is 5.91 Å². The summed E-state index contributed by atoms with van der Waals surface area (Å²) in [5.74, 6) is 0.0850. The Labute approximate surface area is 166 Å². The van der Waals surface area contributed by atoms with Gasteiger partial charge in [-0.3, -0.25) is 9.78 Å². The molecule has 1 fully saturated rings. The van der Waals surface area contributed by atoms with Crippen LogP contribution in [0.5, 0.6) is 0 Å². The van der Waals surface area contributed by atoms with Crippen molar-refractivity contribution >= 4 is 17.3 Å². The van der Waals surface area contributed by atoms with Gasteiger partial charge < -0.3 is 9.80 Å². The molecule has 0 saturated carbocycles. The molecule has 1 aromatic heterocycles. The van der Waals surface area contributed by atoms with Crippen LogP contribution in [0.4, 0.5) is 11.4 Å². The lowest BCUT2D eigenvalue weighted by Crippen LogP contribution is -2.35. The van der Waals surface area contributed by atoms with E-state index in [1.807, 2.05) is 53.6 Å². The van der Waals surface area contributed by atoms with Crippen LogP contribution in [0.1, 0.15) is 35.2 Å². The van der Waals surface area contributed by atoms with E-state index in [-0.39, 0.29) is 5.91 Å². The third kappa shape index (κ3) is 4.22. The summed E-state index contributed by atoms with van der Waals surface area (Å²) in [6, 6.07) is 22.6. The fourth-order valence-corrected chi connectivity index (χ4v) is 3.68. The number of likely N-dealkylation sites (tertiary alicyclic amines) is 1. The molecule has 0 N–H and O–H groups in total. The molecular weight excluding hydrogens is 346 g/mol. The van der Waals surface area contributed by atoms with E-state index < -0.39 is 0 Å². The molecule has 3 aromatic rings. The van der Waals surface area contributed by atoms with E-state index >= 15 is 0 Å². The topological polar surface area (TPSA) is 36.4 Å². The minimum atomic E-state index is 0.0850. The van der Waals surface area contributed by atoms with Crippen molar-refractivity contribution in [3.63, 3.8) is 0 Å². The molecule has 0 spiro atoms. The maximum atomic E-state index is 12.9. The normalized spacial score (nSPS) is 13.9. The average molecular weight is 371 g/mol. The lowest BCUT2D eigenvalue weighted by molar-refractivity contribution is 0.0724. The zero-order valence-corrected chi connectivity index (χ0v) is 16.0. The number of anilines is 2. The summed E-state index contributed by atoms with van der Waals surface area (Å²) >= 11 is 0. The number of benzene rings is 2. The first-order valence-corrected chi connectivity index (χ1v) is 9.92. The van der Waals surface area contributed by atoms with E-state index in [0.717, 1.165) is 37.3 Å². The average Bonchev–Trinajstić information content (AvgIpc) is 2.79. The smallest absolute Gasteiger partial charge is 0.255 e. The molecule has 28 heavy (non-hydrogen) atoms. The van der Waals surface area contributed by atoms with Gasteiger partial charge in [-0.15, -0.1) is 0 Å². The van der Waals surface area contributed by atoms with Crippen molar-refractivity contribution in [2.75, 3.05) is 18.0 Å². The van der Waals surface area contributed by atoms with E-state index in [0.29, 0.717) is 12.1 Å². The van der Waals surface area contributed by atoms with Crippen molar-refractivity contribution in [2.24, 2.45) is 0 Å². The van der Waals surface area contributed by atoms with Gasteiger partial charge in [0.1, 0.15) is 0 Å². The second-order valence-corrected chi connectivity index (χ2v) is 7.19. The van der Waals surface area contributed by atoms with Crippen molar-refractivity contribution in [3.05, 3.63) is 90.3 Å². The Balaban J connectivity index is 1.65. The number of carbonyl (C=O) groups is 1. The minimum Gasteiger partial charge on any atom is -0.339 e. The van der Waals surface area contributed by atoms with Crippen molar-refractivity contribution in [1.82, 2.24) is 9.88 Å². The minimum absolute atomic E-state index is 0.0850. The number of pyridine rings is 1.